The highest BCUT2D eigenvalue weighted by Gasteiger charge is 2.43. The second-order valence-corrected chi connectivity index (χ2v) is 2.84. The number of hydrogen-bond donors (Lipinski definition) is 4. The molecule has 0 aromatic carbocycles. The maximum atomic E-state index is 9.41. The highest BCUT2D eigenvalue weighted by atomic mass is 16.6. The van der Waals surface area contributed by atoms with Gasteiger partial charge in [0.1, 0.15) is 24.1 Å². The molecule has 4 atom stereocenters. The molecule has 1 rings (SSSR count). The molecule has 0 bridgehead atoms. The molecule has 0 aliphatic carbocycles. The van der Waals surface area contributed by atoms with Crippen LogP contribution in [-0.2, 0) is 4.74 Å². The molecule has 1 heterocycles. The molecule has 76 valence electrons. The zero-order chi connectivity index (χ0) is 10.9. The van der Waals surface area contributed by atoms with Gasteiger partial charge in [-0.15, -0.1) is 0 Å². The Kier molecular flexibility index (Phi) is 2.80. The van der Waals surface area contributed by atoms with Gasteiger partial charge in [0.05, 0.1) is 1.37 Å². The maximum Gasteiger partial charge on any atom is 0.184 e. The molecule has 5 nitrogen and oxygen atoms in total. The van der Waals surface area contributed by atoms with Gasteiger partial charge in [0.2, 0.25) is 0 Å². The number of allylic oxidation sites excluding steroid dienone is 1. The van der Waals surface area contributed by atoms with Crippen molar-refractivity contribution in [2.24, 2.45) is 0 Å². The largest absolute Gasteiger partial charge is 0.510 e. The van der Waals surface area contributed by atoms with Crippen LogP contribution in [-0.4, -0.2) is 45.0 Å². The van der Waals surface area contributed by atoms with Crippen LogP contribution in [0.4, 0.5) is 0 Å². The monoisotopic (exact) mass is 191 g/mol. The zero-order valence-electron chi connectivity index (χ0n) is 8.21. The van der Waals surface area contributed by atoms with Gasteiger partial charge in [0.25, 0.3) is 0 Å². The van der Waals surface area contributed by atoms with E-state index in [0.717, 1.165) is 0 Å². The minimum Gasteiger partial charge on any atom is -0.510 e. The fourth-order valence-electron chi connectivity index (χ4n) is 1.17. The van der Waals surface area contributed by atoms with Gasteiger partial charge in [0.15, 0.2) is 6.29 Å². The van der Waals surface area contributed by atoms with Crippen LogP contribution in [0.3, 0.4) is 0 Å². The summed E-state index contributed by atoms with van der Waals surface area (Å²) in [6.07, 6.45) is -5.32. The maximum absolute atomic E-state index is 9.41. The molecular weight excluding hydrogens is 176 g/mol. The van der Waals surface area contributed by atoms with Crippen LogP contribution in [0, 0.1) is 0 Å². The predicted molar refractivity (Wildman–Crippen MR) is 43.9 cm³/mol. The smallest absolute Gasteiger partial charge is 0.184 e. The van der Waals surface area contributed by atoms with Gasteiger partial charge in [-0.25, -0.2) is 0 Å². The third kappa shape index (κ3) is 2.00. The molecule has 0 amide bonds. The molecule has 1 saturated heterocycles. The van der Waals surface area contributed by atoms with Crippen molar-refractivity contribution in [1.29, 1.82) is 0 Å². The van der Waals surface area contributed by atoms with Gasteiger partial charge in [0, 0.05) is 0 Å². The predicted octanol–water partition coefficient (Wildman–Crippen LogP) is -0.723. The summed E-state index contributed by atoms with van der Waals surface area (Å²) in [6.45, 7) is 1.66. The van der Waals surface area contributed by atoms with E-state index in [-0.39, 0.29) is 12.5 Å². The third-order valence-electron chi connectivity index (χ3n) is 1.87. The van der Waals surface area contributed by atoms with Crippen LogP contribution >= 0.6 is 0 Å². The first kappa shape index (κ1) is 8.96. The lowest BCUT2D eigenvalue weighted by Gasteiger charge is -2.12. The molecule has 1 aliphatic rings. The van der Waals surface area contributed by atoms with Crippen molar-refractivity contribution in [3.05, 3.63) is 11.8 Å². The van der Waals surface area contributed by atoms with Crippen molar-refractivity contribution in [2.75, 3.05) is 0 Å². The molecule has 5 heteroatoms. The van der Waals surface area contributed by atoms with Crippen LogP contribution in [0.2, 0.25) is 0 Å². The summed E-state index contributed by atoms with van der Waals surface area (Å²) < 4.78 is 12.0. The van der Waals surface area contributed by atoms with Crippen molar-refractivity contribution < 1.29 is 26.5 Å². The lowest BCUT2D eigenvalue weighted by molar-refractivity contribution is -0.125. The first-order chi connectivity index (χ1) is 6.49. The fraction of sp³-hybridized carbons (Fsp3) is 0.750. The molecule has 1 fully saturated rings. The lowest BCUT2D eigenvalue weighted by atomic mass is 10.1. The Labute approximate surface area is 77.3 Å². The van der Waals surface area contributed by atoms with E-state index in [9.17, 15) is 10.2 Å². The second-order valence-electron chi connectivity index (χ2n) is 2.84. The first-order valence-corrected chi connectivity index (χ1v) is 4.07. The molecule has 1 aliphatic heterocycles. The van der Waals surface area contributed by atoms with Crippen molar-refractivity contribution in [3.63, 3.8) is 0 Å². The van der Waals surface area contributed by atoms with Gasteiger partial charge < -0.3 is 25.2 Å². The third-order valence-corrected chi connectivity index (χ3v) is 1.87. The minimum atomic E-state index is -1.53. The SMILES string of the molecule is [2H]C(CC)=C(O)[C@H]1OC(O)[C@H](O)[C@@H]1O. The fourth-order valence-corrected chi connectivity index (χ4v) is 1.17. The van der Waals surface area contributed by atoms with E-state index < -0.39 is 30.4 Å². The molecule has 0 saturated carbocycles. The van der Waals surface area contributed by atoms with Crippen LogP contribution in [0.25, 0.3) is 0 Å². The topological polar surface area (TPSA) is 90.2 Å². The molecule has 0 radical (unpaired) electrons. The Balaban J connectivity index is 2.81. The van der Waals surface area contributed by atoms with Crippen LogP contribution in [0.1, 0.15) is 14.7 Å². The molecule has 0 spiro atoms. The van der Waals surface area contributed by atoms with Crippen molar-refractivity contribution >= 4 is 0 Å². The van der Waals surface area contributed by atoms with Gasteiger partial charge >= 0.3 is 0 Å². The lowest BCUT2D eigenvalue weighted by Crippen LogP contribution is -2.33. The van der Waals surface area contributed by atoms with E-state index in [4.69, 9.17) is 16.3 Å². The van der Waals surface area contributed by atoms with E-state index in [2.05, 4.69) is 0 Å². The van der Waals surface area contributed by atoms with E-state index in [0.29, 0.717) is 0 Å². The van der Waals surface area contributed by atoms with E-state index in [1.165, 1.54) is 0 Å². The highest BCUT2D eigenvalue weighted by Crippen LogP contribution is 2.23. The zero-order valence-corrected chi connectivity index (χ0v) is 7.21. The van der Waals surface area contributed by atoms with Gasteiger partial charge in [-0.2, -0.15) is 0 Å². The first-order valence-electron chi connectivity index (χ1n) is 4.57. The second kappa shape index (κ2) is 4.06. The summed E-state index contributed by atoms with van der Waals surface area (Å²) in [5.74, 6) is -0.449. The Morgan fingerprint density at radius 3 is 2.46 bits per heavy atom. The normalized spacial score (nSPS) is 42.9. The summed E-state index contributed by atoms with van der Waals surface area (Å²) >= 11 is 0. The Morgan fingerprint density at radius 2 is 2.08 bits per heavy atom. The van der Waals surface area contributed by atoms with E-state index in [1.807, 2.05) is 0 Å². The summed E-state index contributed by atoms with van der Waals surface area (Å²) in [5.41, 5.74) is 0. The van der Waals surface area contributed by atoms with Crippen LogP contribution in [0.5, 0.6) is 0 Å². The number of aliphatic hydroxyl groups excluding tert-OH is 4. The number of hydrogen-bond acceptors (Lipinski definition) is 5. The molecule has 1 unspecified atom stereocenters. The molecule has 0 aromatic heterocycles. The Bertz CT molecular complexity index is 242. The van der Waals surface area contributed by atoms with Crippen LogP contribution < -0.4 is 0 Å². The summed E-state index contributed by atoms with van der Waals surface area (Å²) in [6, 6.07) is -0.0876. The Morgan fingerprint density at radius 1 is 1.46 bits per heavy atom. The van der Waals surface area contributed by atoms with Crippen LogP contribution in [0.15, 0.2) is 11.8 Å². The van der Waals surface area contributed by atoms with Crippen molar-refractivity contribution in [2.45, 2.75) is 37.9 Å². The average Bonchev–Trinajstić information content (AvgIpc) is 2.43. The Hall–Kier alpha value is -0.620. The van der Waals surface area contributed by atoms with E-state index in [1.54, 1.807) is 6.92 Å². The molecule has 4 N–H and O–H groups in total. The molecule has 13 heavy (non-hydrogen) atoms. The number of aliphatic hydroxyl groups is 4. The summed E-state index contributed by atoms with van der Waals surface area (Å²) in [4.78, 5) is 0. The molecular formula is C8H14O5. The quantitative estimate of drug-likeness (QED) is 0.432. The van der Waals surface area contributed by atoms with Gasteiger partial charge in [-0.3, -0.25) is 0 Å². The highest BCUT2D eigenvalue weighted by molar-refractivity contribution is 5.06. The summed E-state index contributed by atoms with van der Waals surface area (Å²) in [5, 5.41) is 36.9. The minimum absolute atomic E-state index is 0.0876. The van der Waals surface area contributed by atoms with Gasteiger partial charge in [-0.1, -0.05) is 6.92 Å². The number of ether oxygens (including phenoxy) is 1. The summed E-state index contributed by atoms with van der Waals surface area (Å²) in [7, 11) is 0. The van der Waals surface area contributed by atoms with Gasteiger partial charge in [-0.05, 0) is 12.5 Å². The van der Waals surface area contributed by atoms with Crippen molar-refractivity contribution in [3.8, 4) is 0 Å². The average molecular weight is 191 g/mol. The standard InChI is InChI=1S/C8H14O5/c1-2-3-4(9)7-5(10)6(11)8(12)13-7/h3,5-12H,2H2,1H3/t5-,6+,7+,8?/m0/s1/i3D. The van der Waals surface area contributed by atoms with Crippen molar-refractivity contribution in [1.82, 2.24) is 0 Å². The number of rotatable bonds is 2. The molecule has 0 aromatic rings. The van der Waals surface area contributed by atoms with E-state index >= 15 is 0 Å².